The third-order valence-electron chi connectivity index (χ3n) is 3.14. The number of halogens is 1. The van der Waals surface area contributed by atoms with E-state index in [2.05, 4.69) is 13.0 Å². The van der Waals surface area contributed by atoms with Gasteiger partial charge in [-0.1, -0.05) is 24.6 Å². The molecule has 1 unspecified atom stereocenters. The summed E-state index contributed by atoms with van der Waals surface area (Å²) in [5.41, 5.74) is 2.98. The summed E-state index contributed by atoms with van der Waals surface area (Å²) in [4.78, 5) is 2.30. The van der Waals surface area contributed by atoms with Gasteiger partial charge in [0, 0.05) is 14.8 Å². The van der Waals surface area contributed by atoms with E-state index in [1.807, 2.05) is 32.0 Å². The molecule has 1 heterocycles. The number of rotatable bonds is 3. The lowest BCUT2D eigenvalue weighted by Crippen LogP contribution is -2.00. The molecule has 1 atom stereocenters. The lowest BCUT2D eigenvalue weighted by Gasteiger charge is -2.14. The number of hydrogen-bond donors (Lipinski definition) is 1. The first kappa shape index (κ1) is 13.6. The Hall–Kier alpha value is -0.830. The van der Waals surface area contributed by atoms with Gasteiger partial charge < -0.3 is 5.11 Å². The summed E-state index contributed by atoms with van der Waals surface area (Å²) in [5, 5.41) is 11.2. The maximum Gasteiger partial charge on any atom is 0.113 e. The number of hydrogen-bond acceptors (Lipinski definition) is 2. The van der Waals surface area contributed by atoms with Gasteiger partial charge in [0.05, 0.1) is 0 Å². The molecule has 18 heavy (non-hydrogen) atoms. The van der Waals surface area contributed by atoms with E-state index < -0.39 is 6.10 Å². The van der Waals surface area contributed by atoms with Crippen LogP contribution in [0.4, 0.5) is 0 Å². The SMILES string of the molecule is CCc1ccc(C(O)c2cc(C)c(Cl)cc2C)s1. The van der Waals surface area contributed by atoms with E-state index in [4.69, 9.17) is 11.6 Å². The summed E-state index contributed by atoms with van der Waals surface area (Å²) in [7, 11) is 0. The van der Waals surface area contributed by atoms with E-state index in [9.17, 15) is 5.11 Å². The van der Waals surface area contributed by atoms with Gasteiger partial charge in [-0.2, -0.15) is 0 Å². The monoisotopic (exact) mass is 280 g/mol. The molecule has 2 rings (SSSR count). The fourth-order valence-corrected chi connectivity index (χ4v) is 3.16. The van der Waals surface area contributed by atoms with Crippen LogP contribution < -0.4 is 0 Å². The van der Waals surface area contributed by atoms with Crippen molar-refractivity contribution >= 4 is 22.9 Å². The van der Waals surface area contributed by atoms with Crippen molar-refractivity contribution in [1.29, 1.82) is 0 Å². The molecule has 0 saturated heterocycles. The largest absolute Gasteiger partial charge is 0.383 e. The maximum absolute atomic E-state index is 10.5. The van der Waals surface area contributed by atoms with Gasteiger partial charge in [0.1, 0.15) is 6.10 Å². The van der Waals surface area contributed by atoms with Crippen LogP contribution in [0.2, 0.25) is 5.02 Å². The zero-order valence-corrected chi connectivity index (χ0v) is 12.4. The first-order valence-corrected chi connectivity index (χ1v) is 7.25. The fourth-order valence-electron chi connectivity index (χ4n) is 1.98. The maximum atomic E-state index is 10.5. The molecule has 1 aromatic carbocycles. The molecular formula is C15H17ClOS. The molecule has 1 nitrogen and oxygen atoms in total. The Morgan fingerprint density at radius 1 is 1.22 bits per heavy atom. The molecule has 0 aliphatic heterocycles. The van der Waals surface area contributed by atoms with E-state index in [1.54, 1.807) is 11.3 Å². The molecule has 0 spiro atoms. The Balaban J connectivity index is 2.39. The third kappa shape index (κ3) is 2.61. The number of thiophene rings is 1. The van der Waals surface area contributed by atoms with Crippen LogP contribution >= 0.6 is 22.9 Å². The van der Waals surface area contributed by atoms with Gasteiger partial charge in [-0.3, -0.25) is 0 Å². The zero-order chi connectivity index (χ0) is 13.3. The summed E-state index contributed by atoms with van der Waals surface area (Å²) < 4.78 is 0. The van der Waals surface area contributed by atoms with E-state index in [0.29, 0.717) is 0 Å². The predicted octanol–water partition coefficient (Wildman–Crippen LogP) is 4.66. The molecule has 0 radical (unpaired) electrons. The normalized spacial score (nSPS) is 12.7. The standard InChI is InChI=1S/C15H17ClOS/c1-4-11-5-6-14(18-11)15(17)12-7-10(3)13(16)8-9(12)2/h5-8,15,17H,4H2,1-3H3. The van der Waals surface area contributed by atoms with Crippen molar-refractivity contribution in [3.05, 3.63) is 55.7 Å². The van der Waals surface area contributed by atoms with Crippen LogP contribution in [0.25, 0.3) is 0 Å². The van der Waals surface area contributed by atoms with Crippen LogP contribution in [0.15, 0.2) is 24.3 Å². The molecule has 2 aromatic rings. The average molecular weight is 281 g/mol. The zero-order valence-electron chi connectivity index (χ0n) is 10.8. The molecule has 3 heteroatoms. The highest BCUT2D eigenvalue weighted by atomic mass is 35.5. The molecule has 0 amide bonds. The van der Waals surface area contributed by atoms with E-state index >= 15 is 0 Å². The topological polar surface area (TPSA) is 20.2 Å². The Kier molecular flexibility index (Phi) is 4.10. The van der Waals surface area contributed by atoms with Crippen molar-refractivity contribution in [2.75, 3.05) is 0 Å². The van der Waals surface area contributed by atoms with E-state index in [1.165, 1.54) is 4.88 Å². The minimum Gasteiger partial charge on any atom is -0.383 e. The van der Waals surface area contributed by atoms with E-state index in [0.717, 1.165) is 33.0 Å². The van der Waals surface area contributed by atoms with Gasteiger partial charge in [0.25, 0.3) is 0 Å². The lowest BCUT2D eigenvalue weighted by atomic mass is 10.00. The number of aliphatic hydroxyl groups is 1. The van der Waals surface area contributed by atoms with Crippen LogP contribution in [0.3, 0.4) is 0 Å². The molecule has 0 fully saturated rings. The fraction of sp³-hybridized carbons (Fsp3) is 0.333. The van der Waals surface area contributed by atoms with Gasteiger partial charge in [0.2, 0.25) is 0 Å². The first-order valence-electron chi connectivity index (χ1n) is 6.06. The Bertz CT molecular complexity index is 560. The Morgan fingerprint density at radius 3 is 2.56 bits per heavy atom. The molecule has 0 aliphatic rings. The minimum absolute atomic E-state index is 0.550. The van der Waals surface area contributed by atoms with Crippen molar-refractivity contribution in [2.24, 2.45) is 0 Å². The third-order valence-corrected chi connectivity index (χ3v) is 4.83. The quantitative estimate of drug-likeness (QED) is 0.867. The smallest absolute Gasteiger partial charge is 0.113 e. The highest BCUT2D eigenvalue weighted by Gasteiger charge is 2.16. The highest BCUT2D eigenvalue weighted by Crippen LogP contribution is 2.32. The lowest BCUT2D eigenvalue weighted by molar-refractivity contribution is 0.223. The van der Waals surface area contributed by atoms with Crippen molar-refractivity contribution in [2.45, 2.75) is 33.3 Å². The van der Waals surface area contributed by atoms with Crippen molar-refractivity contribution in [1.82, 2.24) is 0 Å². The second-order valence-corrected chi connectivity index (χ2v) is 6.13. The summed E-state index contributed by atoms with van der Waals surface area (Å²) in [5.74, 6) is 0. The molecule has 96 valence electrons. The molecular weight excluding hydrogens is 264 g/mol. The second-order valence-electron chi connectivity index (χ2n) is 4.52. The molecule has 0 saturated carbocycles. The summed E-state index contributed by atoms with van der Waals surface area (Å²) in [6.45, 7) is 6.07. The first-order chi connectivity index (χ1) is 8.52. The number of aryl methyl sites for hydroxylation is 3. The van der Waals surface area contributed by atoms with Crippen LogP contribution in [-0.4, -0.2) is 5.11 Å². The minimum atomic E-state index is -0.550. The van der Waals surface area contributed by atoms with Gasteiger partial charge in [-0.15, -0.1) is 11.3 Å². The van der Waals surface area contributed by atoms with Crippen LogP contribution in [0, 0.1) is 13.8 Å². The van der Waals surface area contributed by atoms with Gasteiger partial charge in [0.15, 0.2) is 0 Å². The van der Waals surface area contributed by atoms with Gasteiger partial charge in [-0.25, -0.2) is 0 Å². The summed E-state index contributed by atoms with van der Waals surface area (Å²) in [6, 6.07) is 8.00. The molecule has 0 aliphatic carbocycles. The van der Waals surface area contributed by atoms with Crippen LogP contribution in [0.5, 0.6) is 0 Å². The Morgan fingerprint density at radius 2 is 1.94 bits per heavy atom. The van der Waals surface area contributed by atoms with Crippen LogP contribution in [-0.2, 0) is 6.42 Å². The summed E-state index contributed by atoms with van der Waals surface area (Å²) in [6.07, 6.45) is 0.460. The number of benzene rings is 1. The molecule has 1 aromatic heterocycles. The van der Waals surface area contributed by atoms with Gasteiger partial charge in [-0.05, 0) is 55.2 Å². The molecule has 1 N–H and O–H groups in total. The van der Waals surface area contributed by atoms with Gasteiger partial charge >= 0.3 is 0 Å². The average Bonchev–Trinajstić information content (AvgIpc) is 2.81. The van der Waals surface area contributed by atoms with Crippen molar-refractivity contribution < 1.29 is 5.11 Å². The molecule has 0 bridgehead atoms. The Labute approximate surface area is 117 Å². The predicted molar refractivity (Wildman–Crippen MR) is 78.7 cm³/mol. The second kappa shape index (κ2) is 5.43. The van der Waals surface area contributed by atoms with E-state index in [-0.39, 0.29) is 0 Å². The van der Waals surface area contributed by atoms with Crippen LogP contribution in [0.1, 0.15) is 39.5 Å². The highest BCUT2D eigenvalue weighted by molar-refractivity contribution is 7.12. The summed E-state index contributed by atoms with van der Waals surface area (Å²) >= 11 is 7.76. The number of aliphatic hydroxyl groups excluding tert-OH is 1. The van der Waals surface area contributed by atoms with Crippen molar-refractivity contribution in [3.63, 3.8) is 0 Å². The van der Waals surface area contributed by atoms with Crippen molar-refractivity contribution in [3.8, 4) is 0 Å².